The monoisotopic (exact) mass is 858 g/mol. The molecule has 2 heterocycles. The number of aromatic nitrogens is 2. The molecule has 0 saturated carbocycles. The maximum Gasteiger partial charge on any atom is 0.115 e. The fourth-order valence-corrected chi connectivity index (χ4v) is 10.3. The zero-order valence-electron chi connectivity index (χ0n) is 37.5. The van der Waals surface area contributed by atoms with Gasteiger partial charge in [0.05, 0.1) is 11.0 Å². The zero-order chi connectivity index (χ0) is 47.1. The summed E-state index contributed by atoms with van der Waals surface area (Å²) in [5, 5.41) is 3.18. The summed E-state index contributed by atoms with van der Waals surface area (Å²) >= 11 is 0. The molecule has 0 bridgehead atoms. The predicted molar refractivity (Wildman–Crippen MR) is 300 cm³/mol. The summed E-state index contributed by atoms with van der Waals surface area (Å²) in [5.74, 6) is 0. The molecule has 9 heteroatoms. The van der Waals surface area contributed by atoms with Crippen molar-refractivity contribution in [3.8, 4) is 67.0 Å². The fraction of sp³-hybridized carbons (Fsp3) is 0. The van der Waals surface area contributed by atoms with E-state index >= 15 is 0 Å². The minimum atomic E-state index is 0.165. The molecule has 304 valence electrons. The van der Waals surface area contributed by atoms with E-state index in [1.165, 1.54) is 0 Å². The molecule has 0 aliphatic heterocycles. The Morgan fingerprint density at radius 1 is 0.246 bits per heavy atom. The van der Waals surface area contributed by atoms with Crippen molar-refractivity contribution in [2.24, 2.45) is 0 Å². The van der Waals surface area contributed by atoms with Gasteiger partial charge in [-0.25, -0.2) is 0 Å². The van der Waals surface area contributed by atoms with E-state index in [0.29, 0.717) is 43.8 Å². The molecule has 0 spiro atoms. The minimum Gasteiger partial charge on any atom is -0.310 e. The van der Waals surface area contributed by atoms with Crippen LogP contribution in [-0.4, -0.2) is 64.1 Å². The fourth-order valence-electron chi connectivity index (χ4n) is 10.3. The second-order valence-corrected chi connectivity index (χ2v) is 17.6. The molecule has 2 nitrogen and oxygen atoms in total. The van der Waals surface area contributed by atoms with Crippen molar-refractivity contribution in [1.29, 1.82) is 0 Å². The van der Waals surface area contributed by atoms with Gasteiger partial charge in [0, 0.05) is 38.6 Å². The Morgan fingerprint density at radius 2 is 0.652 bits per heavy atom. The van der Waals surface area contributed by atoms with E-state index in [4.69, 9.17) is 54.9 Å². The van der Waals surface area contributed by atoms with Gasteiger partial charge in [-0.15, -0.1) is 10.9 Å². The van der Waals surface area contributed by atoms with Crippen molar-refractivity contribution in [2.75, 3.05) is 0 Å². The third-order valence-electron chi connectivity index (χ3n) is 13.7. The predicted octanol–water partition coefficient (Wildman–Crippen LogP) is 7.77. The maximum absolute atomic E-state index is 7.53. The normalized spacial score (nSPS) is 11.6. The van der Waals surface area contributed by atoms with Gasteiger partial charge >= 0.3 is 0 Å². The number of benzene rings is 10. The van der Waals surface area contributed by atoms with Gasteiger partial charge < -0.3 is 9.13 Å². The summed E-state index contributed by atoms with van der Waals surface area (Å²) in [5.41, 5.74) is 16.6. The lowest BCUT2D eigenvalue weighted by Crippen LogP contribution is -2.48. The maximum atomic E-state index is 7.53. The van der Waals surface area contributed by atoms with Crippen molar-refractivity contribution in [3.05, 3.63) is 200 Å². The number of rotatable bonds is 7. The van der Waals surface area contributed by atoms with Gasteiger partial charge in [-0.3, -0.25) is 0 Å². The molecule has 0 aliphatic carbocycles. The molecule has 0 N–H and O–H groups in total. The molecule has 14 radical (unpaired) electrons. The quantitative estimate of drug-likeness (QED) is 0.145. The van der Waals surface area contributed by atoms with Gasteiger partial charge in [0.25, 0.3) is 0 Å². The zero-order valence-corrected chi connectivity index (χ0v) is 37.5. The summed E-state index contributed by atoms with van der Waals surface area (Å²) in [6, 6.07) is 69.3. The number of fused-ring (bicyclic) bond motifs is 6. The SMILES string of the molecule is [B]c1c([B])c([B])c2c(c1[B])c1c([B])c(-c3ccc4c(c3)c3cc(-c5ccccc5)ccc3n4-c3cccc(-c4ccccc4)c3)c([B])c([B])c1n2-c1cc(-c2ccccc2)cc(-c2ccccc2)c1. The van der Waals surface area contributed by atoms with E-state index in [0.717, 1.165) is 83.3 Å². The van der Waals surface area contributed by atoms with Crippen LogP contribution in [-0.2, 0) is 0 Å². The Morgan fingerprint density at radius 3 is 1.19 bits per heavy atom. The summed E-state index contributed by atoms with van der Waals surface area (Å²) in [4.78, 5) is 0. The van der Waals surface area contributed by atoms with Crippen LogP contribution < -0.4 is 38.2 Å². The van der Waals surface area contributed by atoms with Crippen LogP contribution in [0.3, 0.4) is 0 Å². The van der Waals surface area contributed by atoms with Crippen molar-refractivity contribution in [3.63, 3.8) is 0 Å². The van der Waals surface area contributed by atoms with Gasteiger partial charge in [0.15, 0.2) is 0 Å². The van der Waals surface area contributed by atoms with Crippen molar-refractivity contribution in [1.82, 2.24) is 9.13 Å². The average Bonchev–Trinajstić information content (AvgIpc) is 3.94. The summed E-state index contributed by atoms with van der Waals surface area (Å²) < 4.78 is 4.31. The Labute approximate surface area is 410 Å². The van der Waals surface area contributed by atoms with E-state index in [2.05, 4.69) is 156 Å². The molecule has 0 aliphatic rings. The Kier molecular flexibility index (Phi) is 10.4. The first kappa shape index (κ1) is 42.6. The van der Waals surface area contributed by atoms with Crippen molar-refractivity contribution >= 4 is 137 Å². The molecule has 2 aromatic heterocycles. The Bertz CT molecular complexity index is 3960. The lowest BCUT2D eigenvalue weighted by molar-refractivity contribution is 1.18. The molecule has 0 unspecified atom stereocenters. The van der Waals surface area contributed by atoms with Crippen LogP contribution in [0.5, 0.6) is 0 Å². The highest BCUT2D eigenvalue weighted by molar-refractivity contribution is 6.69. The molecule has 0 atom stereocenters. The van der Waals surface area contributed by atoms with Gasteiger partial charge in [-0.1, -0.05) is 173 Å². The molecule has 10 aromatic carbocycles. The second-order valence-electron chi connectivity index (χ2n) is 17.6. The standard InChI is InChI=1S/C60H33B7N2/c61-52-49(40-25-27-48-46(33-40)45-32-39(35-16-7-2-8-17-35)24-26-47(45)68(48)43-23-13-22-38(29-43)34-14-5-1-6-15-34)53(62)57(66)59-50(52)51-54(63)55(64)56(65)58(67)60(51)69(59)44-30-41(36-18-9-3-10-19-36)28-42(31-44)37-20-11-4-12-21-37/h1-33H. The lowest BCUT2D eigenvalue weighted by atomic mass is 9.64. The third kappa shape index (κ3) is 6.89. The molecule has 0 amide bonds. The van der Waals surface area contributed by atoms with E-state index in [-0.39, 0.29) is 21.9 Å². The van der Waals surface area contributed by atoms with Gasteiger partial charge in [0.2, 0.25) is 0 Å². The first-order valence-corrected chi connectivity index (χ1v) is 22.8. The Balaban J connectivity index is 1.14. The number of hydrogen-bond acceptors (Lipinski definition) is 0. The van der Waals surface area contributed by atoms with Gasteiger partial charge in [-0.2, -0.15) is 0 Å². The highest BCUT2D eigenvalue weighted by Crippen LogP contribution is 2.39. The topological polar surface area (TPSA) is 9.86 Å². The van der Waals surface area contributed by atoms with Crippen LogP contribution in [0.4, 0.5) is 0 Å². The molecule has 69 heavy (non-hydrogen) atoms. The highest BCUT2D eigenvalue weighted by Gasteiger charge is 2.25. The number of nitrogens with zero attached hydrogens (tertiary/aromatic N) is 2. The largest absolute Gasteiger partial charge is 0.310 e. The van der Waals surface area contributed by atoms with Crippen LogP contribution >= 0.6 is 0 Å². The summed E-state index contributed by atoms with van der Waals surface area (Å²) in [6.45, 7) is 0. The summed E-state index contributed by atoms with van der Waals surface area (Å²) in [7, 11) is 49.7. The van der Waals surface area contributed by atoms with E-state index in [1.54, 1.807) is 0 Å². The number of hydrogen-bond donors (Lipinski definition) is 0. The molecule has 0 fully saturated rings. The van der Waals surface area contributed by atoms with E-state index < -0.39 is 0 Å². The highest BCUT2D eigenvalue weighted by atomic mass is 15.0. The van der Waals surface area contributed by atoms with Crippen LogP contribution in [0.15, 0.2) is 200 Å². The molecule has 12 aromatic rings. The third-order valence-corrected chi connectivity index (χ3v) is 13.7. The van der Waals surface area contributed by atoms with Gasteiger partial charge in [-0.05, 0) is 116 Å². The smallest absolute Gasteiger partial charge is 0.115 e. The summed E-state index contributed by atoms with van der Waals surface area (Å²) in [6.07, 6.45) is 0. The molecule has 0 saturated heterocycles. The van der Waals surface area contributed by atoms with E-state index in [1.807, 2.05) is 53.1 Å². The van der Waals surface area contributed by atoms with Crippen LogP contribution in [0.2, 0.25) is 0 Å². The lowest BCUT2D eigenvalue weighted by Gasteiger charge is -2.20. The first-order valence-electron chi connectivity index (χ1n) is 22.8. The minimum absolute atomic E-state index is 0.165. The Hall–Kier alpha value is -7.75. The van der Waals surface area contributed by atoms with Crippen LogP contribution in [0.25, 0.3) is 111 Å². The van der Waals surface area contributed by atoms with Crippen LogP contribution in [0, 0.1) is 0 Å². The van der Waals surface area contributed by atoms with E-state index in [9.17, 15) is 0 Å². The second kappa shape index (κ2) is 16.8. The molecular weight excluding hydrogens is 824 g/mol. The first-order chi connectivity index (χ1) is 33.7. The van der Waals surface area contributed by atoms with Crippen LogP contribution in [0.1, 0.15) is 0 Å². The van der Waals surface area contributed by atoms with Crippen molar-refractivity contribution in [2.45, 2.75) is 0 Å². The molecular formula is C60H33B7N2. The van der Waals surface area contributed by atoms with Gasteiger partial charge in [0.1, 0.15) is 54.9 Å². The molecule has 12 rings (SSSR count). The van der Waals surface area contributed by atoms with Crippen molar-refractivity contribution < 1.29 is 0 Å². The average molecular weight is 858 g/mol.